The van der Waals surface area contributed by atoms with Crippen LogP contribution in [0.2, 0.25) is 0 Å². The van der Waals surface area contributed by atoms with Crippen molar-refractivity contribution in [3.8, 4) is 0 Å². The van der Waals surface area contributed by atoms with Gasteiger partial charge in [-0.2, -0.15) is 0 Å². The quantitative estimate of drug-likeness (QED) is 0.177. The van der Waals surface area contributed by atoms with Gasteiger partial charge in [0.25, 0.3) is 5.91 Å². The lowest BCUT2D eigenvalue weighted by Gasteiger charge is -2.72. The van der Waals surface area contributed by atoms with E-state index in [-0.39, 0.29) is 70.1 Å². The number of aliphatic hydroxyl groups excluding tert-OH is 1. The fourth-order valence-electron chi connectivity index (χ4n) is 14.7. The van der Waals surface area contributed by atoms with Crippen LogP contribution < -0.4 is 10.6 Å². The van der Waals surface area contributed by atoms with Crippen molar-refractivity contribution in [3.63, 3.8) is 0 Å². The Kier molecular flexibility index (Phi) is 10.9. The summed E-state index contributed by atoms with van der Waals surface area (Å²) in [7, 11) is 0. The number of allylic oxidation sites excluding steroid dienone is 1. The number of Topliss-reactive ketones (excluding diaryl/α,β-unsaturated/α-hetero) is 1. The molecule has 1 heterocycles. The largest absolute Gasteiger partial charge is 0.481 e. The molecule has 6 aliphatic rings. The molecule has 1 aromatic heterocycles. The van der Waals surface area contributed by atoms with E-state index in [2.05, 4.69) is 69.1 Å². The van der Waals surface area contributed by atoms with Crippen molar-refractivity contribution >= 4 is 29.5 Å². The predicted octanol–water partition coefficient (Wildman–Crippen LogP) is 7.10. The van der Waals surface area contributed by atoms with Crippen molar-refractivity contribution in [1.82, 2.24) is 20.6 Å². The highest BCUT2D eigenvalue weighted by molar-refractivity contribution is 6.01. The first-order valence-corrected chi connectivity index (χ1v) is 22.6. The van der Waals surface area contributed by atoms with E-state index >= 15 is 0 Å². The summed E-state index contributed by atoms with van der Waals surface area (Å²) in [5.41, 5.74) is -1.19. The molecule has 0 aliphatic heterocycles. The molecule has 4 N–H and O–H groups in total. The molecule has 6 aliphatic carbocycles. The minimum absolute atomic E-state index is 0.00543. The van der Waals surface area contributed by atoms with Crippen LogP contribution in [0.3, 0.4) is 0 Å². The van der Waals surface area contributed by atoms with Crippen LogP contribution in [0.25, 0.3) is 0 Å². The zero-order valence-corrected chi connectivity index (χ0v) is 37.9. The number of hydrogen-bond donors (Lipinski definition) is 4. The summed E-state index contributed by atoms with van der Waals surface area (Å²) in [6.45, 7) is 23.1. The molecule has 12 nitrogen and oxygen atoms in total. The van der Waals surface area contributed by atoms with Gasteiger partial charge in [0.05, 0.1) is 17.9 Å². The number of ketones is 1. The molecule has 5 saturated carbocycles. The van der Waals surface area contributed by atoms with Gasteiger partial charge in [-0.25, -0.2) is 9.97 Å². The first-order valence-electron chi connectivity index (χ1n) is 22.6. The Morgan fingerprint density at radius 2 is 1.53 bits per heavy atom. The molecule has 0 bridgehead atoms. The van der Waals surface area contributed by atoms with Crippen LogP contribution in [0.5, 0.6) is 0 Å². The Hall–Kier alpha value is -3.67. The zero-order chi connectivity index (χ0) is 44.2. The maximum absolute atomic E-state index is 14.2. The SMILES string of the molecule is CC(C)C1=C2[C@H]3CC[C@@H]4[C@@]5(C)CC[C@H](OC(=O)[C@H]6C[C@@H](C(=O)O)C6(C)C)C(C)(C)[C@@H]5CC[C@@]4(C)[C@]3(C)CC[C@@]2([C@@H](O)CNC(=O)C(C)(C)NC(=O)c2ncccn2)CC1=O. The van der Waals surface area contributed by atoms with Gasteiger partial charge in [0.1, 0.15) is 11.6 Å². The Morgan fingerprint density at radius 3 is 2.15 bits per heavy atom. The molecule has 11 atom stereocenters. The molecule has 330 valence electrons. The number of rotatable bonds is 10. The summed E-state index contributed by atoms with van der Waals surface area (Å²) in [6, 6.07) is 1.61. The minimum atomic E-state index is -1.32. The van der Waals surface area contributed by atoms with Gasteiger partial charge in [0.2, 0.25) is 11.7 Å². The van der Waals surface area contributed by atoms with E-state index in [1.807, 2.05) is 13.8 Å². The first kappa shape index (κ1) is 44.4. The van der Waals surface area contributed by atoms with Gasteiger partial charge in [0, 0.05) is 36.2 Å². The minimum Gasteiger partial charge on any atom is -0.481 e. The van der Waals surface area contributed by atoms with E-state index < -0.39 is 52.1 Å². The second kappa shape index (κ2) is 14.7. The number of carboxylic acid groups (broad SMARTS) is 1. The van der Waals surface area contributed by atoms with Crippen LogP contribution >= 0.6 is 0 Å². The van der Waals surface area contributed by atoms with E-state index in [0.717, 1.165) is 56.1 Å². The fourth-order valence-corrected chi connectivity index (χ4v) is 14.7. The lowest BCUT2D eigenvalue weighted by Crippen LogP contribution is -2.66. The Bertz CT molecular complexity index is 1980. The third kappa shape index (κ3) is 6.49. The highest BCUT2D eigenvalue weighted by Gasteiger charge is 2.71. The van der Waals surface area contributed by atoms with Gasteiger partial charge < -0.3 is 25.6 Å². The number of fused-ring (bicyclic) bond motifs is 7. The first-order chi connectivity index (χ1) is 27.8. The number of ether oxygens (including phenoxy) is 1. The molecule has 0 spiro atoms. The highest BCUT2D eigenvalue weighted by atomic mass is 16.5. The van der Waals surface area contributed by atoms with Crippen molar-refractivity contribution in [2.45, 2.75) is 158 Å². The second-order valence-corrected chi connectivity index (χ2v) is 22.5. The van der Waals surface area contributed by atoms with Crippen LogP contribution in [0.15, 0.2) is 29.6 Å². The van der Waals surface area contributed by atoms with Gasteiger partial charge in [-0.1, -0.05) is 67.9 Å². The van der Waals surface area contributed by atoms with Crippen molar-refractivity contribution in [1.29, 1.82) is 0 Å². The average molecular weight is 831 g/mol. The summed E-state index contributed by atoms with van der Waals surface area (Å²) >= 11 is 0. The molecule has 0 saturated heterocycles. The molecule has 5 fully saturated rings. The van der Waals surface area contributed by atoms with E-state index in [9.17, 15) is 34.2 Å². The molecule has 2 amide bonds. The van der Waals surface area contributed by atoms with Crippen molar-refractivity contribution in [3.05, 3.63) is 35.4 Å². The number of aliphatic carboxylic acids is 1. The number of hydrogen-bond acceptors (Lipinski definition) is 9. The second-order valence-electron chi connectivity index (χ2n) is 22.5. The molecule has 0 unspecified atom stereocenters. The normalized spacial score (nSPS) is 38.3. The molecule has 0 radical (unpaired) electrons. The third-order valence-corrected chi connectivity index (χ3v) is 18.4. The topological polar surface area (TPSA) is 185 Å². The Labute approximate surface area is 356 Å². The number of nitrogens with zero attached hydrogens (tertiary/aromatic N) is 2. The van der Waals surface area contributed by atoms with Crippen LogP contribution in [0, 0.1) is 68.0 Å². The Morgan fingerprint density at radius 1 is 0.867 bits per heavy atom. The van der Waals surface area contributed by atoms with E-state index in [1.165, 1.54) is 12.4 Å². The van der Waals surface area contributed by atoms with Crippen molar-refractivity contribution in [2.24, 2.45) is 68.0 Å². The maximum Gasteiger partial charge on any atom is 0.309 e. The van der Waals surface area contributed by atoms with Crippen molar-refractivity contribution < 1.29 is 38.9 Å². The summed E-state index contributed by atoms with van der Waals surface area (Å²) in [6.07, 6.45) is 9.40. The van der Waals surface area contributed by atoms with Gasteiger partial charge in [-0.05, 0) is 129 Å². The van der Waals surface area contributed by atoms with Crippen LogP contribution in [-0.2, 0) is 23.9 Å². The van der Waals surface area contributed by atoms with Gasteiger partial charge in [-0.15, -0.1) is 0 Å². The molecule has 0 aromatic carbocycles. The van der Waals surface area contributed by atoms with Crippen LogP contribution in [0.4, 0.5) is 0 Å². The fraction of sp³-hybridized carbons (Fsp3) is 0.771. The van der Waals surface area contributed by atoms with Crippen molar-refractivity contribution in [2.75, 3.05) is 6.54 Å². The molecular formula is C48H70N4O8. The number of carbonyl (C=O) groups is 5. The van der Waals surface area contributed by atoms with Crippen LogP contribution in [-0.4, -0.2) is 74.0 Å². The molecule has 1 aromatic rings. The van der Waals surface area contributed by atoms with Crippen LogP contribution in [0.1, 0.15) is 151 Å². The molecule has 7 rings (SSSR count). The van der Waals surface area contributed by atoms with Gasteiger partial charge >= 0.3 is 11.9 Å². The predicted molar refractivity (Wildman–Crippen MR) is 225 cm³/mol. The van der Waals surface area contributed by atoms with Gasteiger partial charge in [0.15, 0.2) is 5.78 Å². The lowest BCUT2D eigenvalue weighted by molar-refractivity contribution is -0.238. The van der Waals surface area contributed by atoms with E-state index in [0.29, 0.717) is 24.7 Å². The number of aromatic nitrogens is 2. The number of esters is 1. The monoisotopic (exact) mass is 831 g/mol. The van der Waals surface area contributed by atoms with E-state index in [4.69, 9.17) is 4.74 Å². The summed E-state index contributed by atoms with van der Waals surface area (Å²) in [5.74, 6) is -2.19. The smallest absolute Gasteiger partial charge is 0.309 e. The average Bonchev–Trinajstić information content (AvgIpc) is 3.47. The highest BCUT2D eigenvalue weighted by Crippen LogP contribution is 2.77. The molecular weight excluding hydrogens is 761 g/mol. The summed E-state index contributed by atoms with van der Waals surface area (Å²) in [5, 5.41) is 27.6. The van der Waals surface area contributed by atoms with Gasteiger partial charge in [-0.3, -0.25) is 24.0 Å². The number of amides is 2. The Balaban J connectivity index is 1.10. The standard InChI is InChI=1S/C48H70N4O8/c1-26(2)35-30(53)24-48(33(54)25-51-41(59)44(7,8)52-38(55)37-49-21-12-22-50-37)20-19-46(10)27(36(35)48)13-14-32-45(9)17-16-34(43(5,6)31(45)15-18-47(32,46)11)60-40(58)29-23-28(39(56)57)42(29,3)4/h12,21-22,26-29,31-34,54H,13-20,23-25H2,1-11H3,(H,51,59)(H,52,55)(H,56,57)/t27-,28+,29-,31+,32-,33+,34+,45+,46-,47-,48+/m1/s1. The number of carboxylic acids is 1. The third-order valence-electron chi connectivity index (χ3n) is 18.4. The number of aliphatic hydroxyl groups is 1. The zero-order valence-electron chi connectivity index (χ0n) is 37.9. The summed E-state index contributed by atoms with van der Waals surface area (Å²) in [4.78, 5) is 74.0. The maximum atomic E-state index is 14.2. The molecule has 12 heteroatoms. The lowest BCUT2D eigenvalue weighted by atomic mass is 9.33. The summed E-state index contributed by atoms with van der Waals surface area (Å²) < 4.78 is 6.41. The van der Waals surface area contributed by atoms with E-state index in [1.54, 1.807) is 19.9 Å². The number of carbonyl (C=O) groups excluding carboxylic acids is 4. The number of nitrogens with one attached hydrogen (secondary N) is 2. The molecule has 60 heavy (non-hydrogen) atoms.